The van der Waals surface area contributed by atoms with E-state index < -0.39 is 30.1 Å². The van der Waals surface area contributed by atoms with E-state index in [1.807, 2.05) is 13.8 Å². The fourth-order valence-corrected chi connectivity index (χ4v) is 5.60. The van der Waals surface area contributed by atoms with Crippen LogP contribution in [0.25, 0.3) is 10.4 Å². The standard InChI is InChI=1S/C31H30F3N3O3S/c1-17(2)13-25-29(30(35)39)28(21(16-38)24(37-25)10-6-18-3-7-20(32)8-4-18)26-11-12-27(41-26)31(40)36-15-19-5-9-22(33)23(34)14-19/h3-5,7-9,11-12,14,17,38H,6,10,13,15-16H2,1-2H3,(H2,35,39)(H,36,40). The summed E-state index contributed by atoms with van der Waals surface area (Å²) in [6.07, 6.45) is 1.41. The normalized spacial score (nSPS) is 11.2. The van der Waals surface area contributed by atoms with E-state index in [2.05, 4.69) is 5.32 Å². The van der Waals surface area contributed by atoms with Crippen LogP contribution in [0.2, 0.25) is 0 Å². The number of aliphatic hydroxyl groups is 1. The number of nitrogens with two attached hydrogens (primary N) is 1. The molecule has 2 heterocycles. The molecule has 0 saturated carbocycles. The van der Waals surface area contributed by atoms with Crippen molar-refractivity contribution in [1.29, 1.82) is 0 Å². The highest BCUT2D eigenvalue weighted by Crippen LogP contribution is 2.37. The van der Waals surface area contributed by atoms with Crippen LogP contribution in [-0.4, -0.2) is 21.9 Å². The molecule has 0 fully saturated rings. The van der Waals surface area contributed by atoms with Gasteiger partial charge in [-0.05, 0) is 72.7 Å². The Morgan fingerprint density at radius 1 is 0.951 bits per heavy atom. The third-order valence-corrected chi connectivity index (χ3v) is 7.64. The highest BCUT2D eigenvalue weighted by molar-refractivity contribution is 7.17. The lowest BCUT2D eigenvalue weighted by Crippen LogP contribution is -2.22. The van der Waals surface area contributed by atoms with Gasteiger partial charge in [0.2, 0.25) is 0 Å². The number of halogens is 3. The molecular formula is C31H30F3N3O3S. The summed E-state index contributed by atoms with van der Waals surface area (Å²) in [5, 5.41) is 13.2. The maximum Gasteiger partial charge on any atom is 0.261 e. The molecule has 0 saturated heterocycles. The second-order valence-electron chi connectivity index (χ2n) is 10.1. The third-order valence-electron chi connectivity index (χ3n) is 6.54. The van der Waals surface area contributed by atoms with Crippen molar-refractivity contribution in [2.45, 2.75) is 46.3 Å². The number of hydrogen-bond acceptors (Lipinski definition) is 5. The molecule has 0 aliphatic carbocycles. The van der Waals surface area contributed by atoms with E-state index in [4.69, 9.17) is 10.7 Å². The molecule has 0 spiro atoms. The SMILES string of the molecule is CC(C)Cc1nc(CCc2ccc(F)cc2)c(CO)c(-c2ccc(C(=O)NCc3ccc(F)c(F)c3)s2)c1C(N)=O. The number of amides is 2. The molecule has 6 nitrogen and oxygen atoms in total. The van der Waals surface area contributed by atoms with Gasteiger partial charge in [-0.3, -0.25) is 14.6 Å². The highest BCUT2D eigenvalue weighted by atomic mass is 32.1. The summed E-state index contributed by atoms with van der Waals surface area (Å²) in [5.41, 5.74) is 9.30. The number of hydrogen-bond donors (Lipinski definition) is 3. The van der Waals surface area contributed by atoms with Gasteiger partial charge in [0.15, 0.2) is 11.6 Å². The number of thiophene rings is 1. The third kappa shape index (κ3) is 7.20. The van der Waals surface area contributed by atoms with Crippen LogP contribution in [0.5, 0.6) is 0 Å². The van der Waals surface area contributed by atoms with Gasteiger partial charge >= 0.3 is 0 Å². The molecule has 4 N–H and O–H groups in total. The van der Waals surface area contributed by atoms with E-state index in [0.717, 1.165) is 29.0 Å². The molecule has 214 valence electrons. The molecule has 10 heteroatoms. The Kier molecular flexibility index (Phi) is 9.57. The van der Waals surface area contributed by atoms with Gasteiger partial charge in [0.25, 0.3) is 11.8 Å². The van der Waals surface area contributed by atoms with Crippen LogP contribution in [0.15, 0.2) is 54.6 Å². The maximum absolute atomic E-state index is 13.5. The van der Waals surface area contributed by atoms with Crippen LogP contribution >= 0.6 is 11.3 Å². The molecule has 2 aromatic carbocycles. The number of carbonyl (C=O) groups is 2. The van der Waals surface area contributed by atoms with Crippen molar-refractivity contribution in [3.8, 4) is 10.4 Å². The molecule has 2 amide bonds. The first kappa shape index (κ1) is 30.0. The molecule has 0 unspecified atom stereocenters. The number of nitrogens with zero attached hydrogens (tertiary/aromatic N) is 1. The fraction of sp³-hybridized carbons (Fsp3) is 0.258. The van der Waals surface area contributed by atoms with Gasteiger partial charge in [-0.25, -0.2) is 13.2 Å². The zero-order valence-corrected chi connectivity index (χ0v) is 23.5. The van der Waals surface area contributed by atoms with Gasteiger partial charge in [0, 0.05) is 28.2 Å². The topological polar surface area (TPSA) is 105 Å². The van der Waals surface area contributed by atoms with Crippen LogP contribution < -0.4 is 11.1 Å². The summed E-state index contributed by atoms with van der Waals surface area (Å²) in [6, 6.07) is 12.8. The van der Waals surface area contributed by atoms with E-state index >= 15 is 0 Å². The Bertz CT molecular complexity index is 1570. The summed E-state index contributed by atoms with van der Waals surface area (Å²) in [5.74, 6) is -3.29. The number of nitrogens with one attached hydrogen (secondary N) is 1. The number of aromatic nitrogens is 1. The molecule has 0 aliphatic heterocycles. The second-order valence-corrected chi connectivity index (χ2v) is 11.2. The first-order valence-corrected chi connectivity index (χ1v) is 13.9. The Balaban J connectivity index is 1.70. The van der Waals surface area contributed by atoms with Gasteiger partial charge in [0.1, 0.15) is 5.82 Å². The smallest absolute Gasteiger partial charge is 0.261 e. The number of benzene rings is 2. The molecule has 2 aromatic heterocycles. The number of carbonyl (C=O) groups excluding carboxylic acids is 2. The Labute approximate surface area is 240 Å². The molecule has 0 aliphatic rings. The minimum absolute atomic E-state index is 0.0149. The van der Waals surface area contributed by atoms with Gasteiger partial charge in [-0.2, -0.15) is 0 Å². The van der Waals surface area contributed by atoms with Crippen molar-refractivity contribution in [2.75, 3.05) is 0 Å². The summed E-state index contributed by atoms with van der Waals surface area (Å²) in [6.45, 7) is 3.55. The average molecular weight is 582 g/mol. The molecule has 0 bridgehead atoms. The average Bonchev–Trinajstić information content (AvgIpc) is 3.42. The first-order valence-electron chi connectivity index (χ1n) is 13.1. The lowest BCUT2D eigenvalue weighted by molar-refractivity contribution is 0.0953. The van der Waals surface area contributed by atoms with E-state index in [9.17, 15) is 27.9 Å². The van der Waals surface area contributed by atoms with E-state index in [0.29, 0.717) is 57.1 Å². The Morgan fingerprint density at radius 3 is 2.29 bits per heavy atom. The number of primary amides is 1. The largest absolute Gasteiger partial charge is 0.392 e. The summed E-state index contributed by atoms with van der Waals surface area (Å²) in [4.78, 5) is 31.3. The lowest BCUT2D eigenvalue weighted by Gasteiger charge is -2.19. The van der Waals surface area contributed by atoms with Gasteiger partial charge in [0.05, 0.1) is 22.7 Å². The monoisotopic (exact) mass is 581 g/mol. The van der Waals surface area contributed by atoms with Crippen molar-refractivity contribution < 1.29 is 27.9 Å². The van der Waals surface area contributed by atoms with Crippen molar-refractivity contribution in [3.05, 3.63) is 111 Å². The van der Waals surface area contributed by atoms with Crippen LogP contribution in [0.3, 0.4) is 0 Å². The Morgan fingerprint density at radius 2 is 1.66 bits per heavy atom. The van der Waals surface area contributed by atoms with E-state index in [1.54, 1.807) is 24.3 Å². The highest BCUT2D eigenvalue weighted by Gasteiger charge is 2.26. The predicted octanol–water partition coefficient (Wildman–Crippen LogP) is 5.73. The predicted molar refractivity (Wildman–Crippen MR) is 152 cm³/mol. The summed E-state index contributed by atoms with van der Waals surface area (Å²) < 4.78 is 40.1. The quantitative estimate of drug-likeness (QED) is 0.210. The molecule has 0 radical (unpaired) electrons. The molecule has 41 heavy (non-hydrogen) atoms. The van der Waals surface area contributed by atoms with Crippen molar-refractivity contribution in [3.63, 3.8) is 0 Å². The minimum Gasteiger partial charge on any atom is -0.392 e. The van der Waals surface area contributed by atoms with Crippen LogP contribution in [0, 0.1) is 23.4 Å². The molecule has 4 aromatic rings. The number of aryl methyl sites for hydroxylation is 2. The van der Waals surface area contributed by atoms with Gasteiger partial charge in [-0.15, -0.1) is 11.3 Å². The molecular weight excluding hydrogens is 551 g/mol. The summed E-state index contributed by atoms with van der Waals surface area (Å²) in [7, 11) is 0. The summed E-state index contributed by atoms with van der Waals surface area (Å²) >= 11 is 1.11. The van der Waals surface area contributed by atoms with Gasteiger partial charge in [-0.1, -0.05) is 32.0 Å². The fourth-order valence-electron chi connectivity index (χ4n) is 4.60. The van der Waals surface area contributed by atoms with Crippen LogP contribution in [0.1, 0.15) is 62.0 Å². The van der Waals surface area contributed by atoms with Gasteiger partial charge < -0.3 is 16.2 Å². The number of aliphatic hydroxyl groups excluding tert-OH is 1. The molecule has 0 atom stereocenters. The van der Waals surface area contributed by atoms with Crippen molar-refractivity contribution >= 4 is 23.2 Å². The van der Waals surface area contributed by atoms with E-state index in [1.165, 1.54) is 18.2 Å². The molecule has 4 rings (SSSR count). The van der Waals surface area contributed by atoms with Crippen LogP contribution in [-0.2, 0) is 32.4 Å². The van der Waals surface area contributed by atoms with Crippen molar-refractivity contribution in [1.82, 2.24) is 10.3 Å². The van der Waals surface area contributed by atoms with Crippen molar-refractivity contribution in [2.24, 2.45) is 11.7 Å². The zero-order chi connectivity index (χ0) is 29.7. The lowest BCUT2D eigenvalue weighted by atomic mass is 9.91. The zero-order valence-electron chi connectivity index (χ0n) is 22.6. The maximum atomic E-state index is 13.5. The first-order chi connectivity index (χ1) is 19.6. The number of pyridine rings is 1. The number of rotatable bonds is 11. The Hall–Kier alpha value is -4.02. The minimum atomic E-state index is -1.00. The van der Waals surface area contributed by atoms with E-state index in [-0.39, 0.29) is 23.8 Å². The van der Waals surface area contributed by atoms with Crippen LogP contribution in [0.4, 0.5) is 13.2 Å². The second kappa shape index (κ2) is 13.1.